The van der Waals surface area contributed by atoms with E-state index < -0.39 is 11.9 Å². The summed E-state index contributed by atoms with van der Waals surface area (Å²) in [5, 5.41) is 14.1. The quantitative estimate of drug-likeness (QED) is 0.432. The number of amides is 1. The normalized spacial score (nSPS) is 10.9. The van der Waals surface area contributed by atoms with E-state index in [1.807, 2.05) is 42.5 Å². The number of fused-ring (bicyclic) bond motifs is 1. The highest BCUT2D eigenvalue weighted by Gasteiger charge is 2.10. The first-order valence-electron chi connectivity index (χ1n) is 8.21. The van der Waals surface area contributed by atoms with Crippen molar-refractivity contribution < 1.29 is 14.3 Å². The number of benzene rings is 3. The maximum absolute atomic E-state index is 12.4. The number of esters is 1. The zero-order valence-corrected chi connectivity index (χ0v) is 14.6. The molecule has 0 radical (unpaired) electrons. The van der Waals surface area contributed by atoms with Crippen molar-refractivity contribution in [2.24, 2.45) is 0 Å². The van der Waals surface area contributed by atoms with Crippen molar-refractivity contribution in [3.05, 3.63) is 83.4 Å². The van der Waals surface area contributed by atoms with Gasteiger partial charge in [0.15, 0.2) is 0 Å². The topological polar surface area (TPSA) is 79.2 Å². The Bertz CT molecular complexity index is 1080. The molecule has 1 amide bonds. The van der Waals surface area contributed by atoms with E-state index in [0.29, 0.717) is 16.8 Å². The van der Waals surface area contributed by atoms with Gasteiger partial charge in [0.25, 0.3) is 5.91 Å². The van der Waals surface area contributed by atoms with E-state index in [2.05, 4.69) is 10.1 Å². The lowest BCUT2D eigenvalue weighted by Gasteiger charge is -2.06. The minimum absolute atomic E-state index is 0.0334. The number of nitrogens with one attached hydrogen (secondary N) is 1. The molecule has 5 nitrogen and oxygen atoms in total. The largest absolute Gasteiger partial charge is 0.465 e. The number of methoxy groups -OCH3 is 1. The van der Waals surface area contributed by atoms with Gasteiger partial charge in [-0.2, -0.15) is 5.26 Å². The molecule has 0 bridgehead atoms. The molecular formula is C22H16N2O3. The number of anilines is 1. The van der Waals surface area contributed by atoms with Crippen LogP contribution in [0.4, 0.5) is 5.69 Å². The molecule has 0 spiro atoms. The second kappa shape index (κ2) is 7.98. The zero-order valence-electron chi connectivity index (χ0n) is 14.6. The molecule has 5 heteroatoms. The Balaban J connectivity index is 1.79. The Morgan fingerprint density at radius 3 is 2.37 bits per heavy atom. The summed E-state index contributed by atoms with van der Waals surface area (Å²) in [5.41, 5.74) is 1.61. The van der Waals surface area contributed by atoms with Crippen molar-refractivity contribution in [1.82, 2.24) is 0 Å². The Hall–Kier alpha value is -3.91. The van der Waals surface area contributed by atoms with Crippen LogP contribution in [0.3, 0.4) is 0 Å². The van der Waals surface area contributed by atoms with Gasteiger partial charge in [0.2, 0.25) is 0 Å². The highest BCUT2D eigenvalue weighted by molar-refractivity contribution is 6.10. The predicted octanol–water partition coefficient (Wildman–Crippen LogP) is 4.17. The van der Waals surface area contributed by atoms with E-state index in [1.54, 1.807) is 30.3 Å². The van der Waals surface area contributed by atoms with E-state index in [-0.39, 0.29) is 5.57 Å². The first-order chi connectivity index (χ1) is 13.1. The Labute approximate surface area is 156 Å². The molecule has 0 saturated heterocycles. The number of rotatable bonds is 4. The van der Waals surface area contributed by atoms with Crippen LogP contribution in [0.1, 0.15) is 15.9 Å². The molecule has 132 valence electrons. The van der Waals surface area contributed by atoms with Gasteiger partial charge in [0.1, 0.15) is 11.6 Å². The van der Waals surface area contributed by atoms with E-state index >= 15 is 0 Å². The summed E-state index contributed by atoms with van der Waals surface area (Å²) in [4.78, 5) is 23.9. The van der Waals surface area contributed by atoms with E-state index in [9.17, 15) is 14.9 Å². The molecule has 0 unspecified atom stereocenters. The summed E-state index contributed by atoms with van der Waals surface area (Å²) in [5.74, 6) is -0.940. The van der Waals surface area contributed by atoms with Crippen LogP contribution < -0.4 is 5.32 Å². The molecule has 3 rings (SSSR count). The lowest BCUT2D eigenvalue weighted by atomic mass is 10.1. The van der Waals surface area contributed by atoms with E-state index in [0.717, 1.165) is 10.8 Å². The molecule has 0 aromatic heterocycles. The lowest BCUT2D eigenvalue weighted by molar-refractivity contribution is -0.112. The van der Waals surface area contributed by atoms with Gasteiger partial charge in [0, 0.05) is 5.69 Å². The van der Waals surface area contributed by atoms with Gasteiger partial charge in [0.05, 0.1) is 12.7 Å². The Morgan fingerprint density at radius 2 is 1.70 bits per heavy atom. The maximum Gasteiger partial charge on any atom is 0.337 e. The monoisotopic (exact) mass is 356 g/mol. The molecule has 3 aromatic rings. The zero-order chi connectivity index (χ0) is 19.2. The van der Waals surface area contributed by atoms with Crippen LogP contribution in [0.2, 0.25) is 0 Å². The standard InChI is InChI=1S/C22H16N2O3/c1-27-22(26)17-8-6-15(7-9-17)12-19(14-23)21(25)24-20-11-10-16-4-2-3-5-18(16)13-20/h2-13H,1H3,(H,24,25). The molecule has 0 aliphatic rings. The van der Waals surface area contributed by atoms with Crippen LogP contribution in [0.25, 0.3) is 16.8 Å². The molecule has 0 atom stereocenters. The summed E-state index contributed by atoms with van der Waals surface area (Å²) >= 11 is 0. The van der Waals surface area contributed by atoms with Gasteiger partial charge in [-0.3, -0.25) is 4.79 Å². The average Bonchev–Trinajstić information content (AvgIpc) is 2.71. The van der Waals surface area contributed by atoms with Gasteiger partial charge in [-0.15, -0.1) is 0 Å². The molecular weight excluding hydrogens is 340 g/mol. The molecule has 0 saturated carbocycles. The van der Waals surface area contributed by atoms with Crippen molar-refractivity contribution in [2.75, 3.05) is 12.4 Å². The number of carbonyl (C=O) groups is 2. The second-order valence-electron chi connectivity index (χ2n) is 5.80. The van der Waals surface area contributed by atoms with Crippen LogP contribution in [-0.4, -0.2) is 19.0 Å². The molecule has 1 N–H and O–H groups in total. The van der Waals surface area contributed by atoms with Crippen LogP contribution in [0.15, 0.2) is 72.3 Å². The summed E-state index contributed by atoms with van der Waals surface area (Å²) in [6.45, 7) is 0. The molecule has 0 aliphatic carbocycles. The Morgan fingerprint density at radius 1 is 1.00 bits per heavy atom. The summed E-state index contributed by atoms with van der Waals surface area (Å²) in [6, 6.07) is 21.7. The number of hydrogen-bond acceptors (Lipinski definition) is 4. The summed E-state index contributed by atoms with van der Waals surface area (Å²) < 4.78 is 4.64. The lowest BCUT2D eigenvalue weighted by Crippen LogP contribution is -2.13. The van der Waals surface area contributed by atoms with Crippen molar-refractivity contribution in [2.45, 2.75) is 0 Å². The van der Waals surface area contributed by atoms with Crippen molar-refractivity contribution in [3.8, 4) is 6.07 Å². The first kappa shape index (κ1) is 17.9. The molecule has 27 heavy (non-hydrogen) atoms. The van der Waals surface area contributed by atoms with Crippen LogP contribution >= 0.6 is 0 Å². The van der Waals surface area contributed by atoms with Crippen LogP contribution in [0.5, 0.6) is 0 Å². The molecule has 0 fully saturated rings. The number of hydrogen-bond donors (Lipinski definition) is 1. The SMILES string of the molecule is COC(=O)c1ccc(C=C(C#N)C(=O)Nc2ccc3ccccc3c2)cc1. The van der Waals surface area contributed by atoms with Crippen LogP contribution in [0, 0.1) is 11.3 Å². The fourth-order valence-corrected chi connectivity index (χ4v) is 2.61. The van der Waals surface area contributed by atoms with Gasteiger partial charge in [-0.05, 0) is 46.7 Å². The number of nitriles is 1. The third-order valence-electron chi connectivity index (χ3n) is 4.02. The van der Waals surface area contributed by atoms with E-state index in [4.69, 9.17) is 0 Å². The second-order valence-corrected chi connectivity index (χ2v) is 5.80. The number of ether oxygens (including phenoxy) is 1. The third kappa shape index (κ3) is 4.20. The molecule has 0 aliphatic heterocycles. The number of carbonyl (C=O) groups excluding carboxylic acids is 2. The fourth-order valence-electron chi connectivity index (χ4n) is 2.61. The van der Waals surface area contributed by atoms with Gasteiger partial charge in [-0.1, -0.05) is 42.5 Å². The predicted molar refractivity (Wildman–Crippen MR) is 104 cm³/mol. The smallest absolute Gasteiger partial charge is 0.337 e. The van der Waals surface area contributed by atoms with Gasteiger partial charge < -0.3 is 10.1 Å². The minimum Gasteiger partial charge on any atom is -0.465 e. The molecule has 0 heterocycles. The summed E-state index contributed by atoms with van der Waals surface area (Å²) in [7, 11) is 1.31. The highest BCUT2D eigenvalue weighted by Crippen LogP contribution is 2.19. The Kier molecular flexibility index (Phi) is 5.29. The van der Waals surface area contributed by atoms with Crippen molar-refractivity contribution >= 4 is 34.4 Å². The summed E-state index contributed by atoms with van der Waals surface area (Å²) in [6.07, 6.45) is 1.47. The van der Waals surface area contributed by atoms with Crippen molar-refractivity contribution in [3.63, 3.8) is 0 Å². The van der Waals surface area contributed by atoms with Crippen LogP contribution in [-0.2, 0) is 9.53 Å². The van der Waals surface area contributed by atoms with Gasteiger partial charge in [-0.25, -0.2) is 4.79 Å². The minimum atomic E-state index is -0.496. The third-order valence-corrected chi connectivity index (χ3v) is 4.02. The fraction of sp³-hybridized carbons (Fsp3) is 0.0455. The average molecular weight is 356 g/mol. The highest BCUT2D eigenvalue weighted by atomic mass is 16.5. The maximum atomic E-state index is 12.4. The first-order valence-corrected chi connectivity index (χ1v) is 8.21. The van der Waals surface area contributed by atoms with E-state index in [1.165, 1.54) is 13.2 Å². The number of nitrogens with zero attached hydrogens (tertiary/aromatic N) is 1. The van der Waals surface area contributed by atoms with Gasteiger partial charge >= 0.3 is 5.97 Å². The van der Waals surface area contributed by atoms with Crippen molar-refractivity contribution in [1.29, 1.82) is 5.26 Å². The molecule has 3 aromatic carbocycles.